The van der Waals surface area contributed by atoms with Crippen LogP contribution < -0.4 is 0 Å². The van der Waals surface area contributed by atoms with Crippen molar-refractivity contribution in [3.63, 3.8) is 0 Å². The maximum Gasteiger partial charge on any atom is 0.134 e. The topological polar surface area (TPSA) is 35.5 Å². The van der Waals surface area contributed by atoms with Gasteiger partial charge in [-0.2, -0.15) is 0 Å². The van der Waals surface area contributed by atoms with Gasteiger partial charge >= 0.3 is 0 Å². The van der Waals surface area contributed by atoms with Gasteiger partial charge in [-0.25, -0.2) is 0 Å². The van der Waals surface area contributed by atoms with Gasteiger partial charge in [-0.05, 0) is 25.7 Å². The molecule has 0 aliphatic carbocycles. The highest BCUT2D eigenvalue weighted by Crippen LogP contribution is 2.20. The molecule has 2 unspecified atom stereocenters. The van der Waals surface area contributed by atoms with Crippen LogP contribution in [0.5, 0.6) is 0 Å². The number of ether oxygens (including phenoxy) is 2. The molecular formula is C30H62O3S. The summed E-state index contributed by atoms with van der Waals surface area (Å²) in [7, 11) is 2.34. The third kappa shape index (κ3) is 21.4. The second-order valence-electron chi connectivity index (χ2n) is 10.3. The van der Waals surface area contributed by atoms with Crippen LogP contribution in [0.2, 0.25) is 0 Å². The van der Waals surface area contributed by atoms with Crippen molar-refractivity contribution in [2.24, 2.45) is 0 Å². The molecule has 34 heavy (non-hydrogen) atoms. The lowest BCUT2D eigenvalue weighted by atomic mass is 10.1. The summed E-state index contributed by atoms with van der Waals surface area (Å²) in [6.07, 6.45) is 31.1. The zero-order chi connectivity index (χ0) is 25.1. The molecule has 4 heteroatoms. The van der Waals surface area contributed by atoms with E-state index >= 15 is 0 Å². The van der Waals surface area contributed by atoms with Crippen molar-refractivity contribution in [2.45, 2.75) is 179 Å². The average Bonchev–Trinajstić information content (AvgIpc) is 2.85. The third-order valence-corrected chi connectivity index (χ3v) is 9.02. The lowest BCUT2D eigenvalue weighted by Gasteiger charge is -2.21. The van der Waals surface area contributed by atoms with Crippen LogP contribution in [0, 0.1) is 0 Å². The van der Waals surface area contributed by atoms with Crippen molar-refractivity contribution in [2.75, 3.05) is 14.2 Å². The van der Waals surface area contributed by atoms with Gasteiger partial charge in [0.25, 0.3) is 0 Å². The zero-order valence-corrected chi connectivity index (χ0v) is 24.6. The van der Waals surface area contributed by atoms with E-state index in [1.54, 1.807) is 14.2 Å². The fraction of sp³-hybridized carbons (Fsp3) is 1.00. The van der Waals surface area contributed by atoms with Crippen LogP contribution in [-0.2, 0) is 20.3 Å². The molecule has 0 aromatic heterocycles. The lowest BCUT2D eigenvalue weighted by molar-refractivity contribution is 0.131. The first-order valence-corrected chi connectivity index (χ1v) is 16.4. The summed E-state index contributed by atoms with van der Waals surface area (Å²) < 4.78 is 24.2. The maximum atomic E-state index is 13.0. The molecule has 0 bridgehead atoms. The zero-order valence-electron chi connectivity index (χ0n) is 23.8. The number of rotatable bonds is 28. The van der Waals surface area contributed by atoms with Gasteiger partial charge in [-0.15, -0.1) is 0 Å². The van der Waals surface area contributed by atoms with E-state index in [0.717, 1.165) is 25.7 Å². The molecule has 3 nitrogen and oxygen atoms in total. The summed E-state index contributed by atoms with van der Waals surface area (Å²) >= 11 is 0. The molecule has 2 atom stereocenters. The second kappa shape index (κ2) is 27.7. The predicted octanol–water partition coefficient (Wildman–Crippen LogP) is 10.1. The summed E-state index contributed by atoms with van der Waals surface area (Å²) in [6.45, 7) is 4.55. The Morgan fingerprint density at radius 3 is 0.912 bits per heavy atom. The highest BCUT2D eigenvalue weighted by Gasteiger charge is 2.24. The van der Waals surface area contributed by atoms with Gasteiger partial charge in [0.05, 0.1) is 10.8 Å². The van der Waals surface area contributed by atoms with Crippen molar-refractivity contribution in [3.8, 4) is 0 Å². The Morgan fingerprint density at radius 2 is 0.676 bits per heavy atom. The normalized spacial score (nSPS) is 14.4. The smallest absolute Gasteiger partial charge is 0.134 e. The van der Waals surface area contributed by atoms with Crippen molar-refractivity contribution < 1.29 is 13.7 Å². The van der Waals surface area contributed by atoms with Gasteiger partial charge in [0.1, 0.15) is 10.9 Å². The van der Waals surface area contributed by atoms with Crippen LogP contribution in [0.15, 0.2) is 0 Å². The number of hydrogen-bond acceptors (Lipinski definition) is 3. The van der Waals surface area contributed by atoms with Gasteiger partial charge < -0.3 is 9.47 Å². The quantitative estimate of drug-likeness (QED) is 0.0998. The van der Waals surface area contributed by atoms with Crippen LogP contribution in [0.1, 0.15) is 168 Å². The molecule has 0 aliphatic rings. The molecule has 0 N–H and O–H groups in total. The van der Waals surface area contributed by atoms with E-state index in [-0.39, 0.29) is 10.9 Å². The minimum absolute atomic E-state index is 0.184. The molecule has 0 fully saturated rings. The van der Waals surface area contributed by atoms with Crippen LogP contribution in [-0.4, -0.2) is 29.3 Å². The SMILES string of the molecule is CCCCCCCCCCCCCC(OC)S(=O)C(CCCCCCCCCCCCC)OC. The Bertz CT molecular complexity index is 380. The first-order chi connectivity index (χ1) is 16.7. The molecule has 0 amide bonds. The number of methoxy groups -OCH3 is 2. The molecular weight excluding hydrogens is 440 g/mol. The van der Waals surface area contributed by atoms with Crippen molar-refractivity contribution in [3.05, 3.63) is 0 Å². The van der Waals surface area contributed by atoms with Gasteiger partial charge in [0, 0.05) is 14.2 Å². The molecule has 0 radical (unpaired) electrons. The number of unbranched alkanes of at least 4 members (excludes halogenated alkanes) is 20. The highest BCUT2D eigenvalue weighted by atomic mass is 32.2. The van der Waals surface area contributed by atoms with Crippen LogP contribution in [0.3, 0.4) is 0 Å². The Kier molecular flexibility index (Phi) is 27.7. The van der Waals surface area contributed by atoms with E-state index in [0.29, 0.717) is 0 Å². The fourth-order valence-corrected chi connectivity index (χ4v) is 6.29. The molecule has 0 aromatic rings. The van der Waals surface area contributed by atoms with Crippen LogP contribution in [0.4, 0.5) is 0 Å². The fourth-order valence-electron chi connectivity index (χ4n) is 4.78. The monoisotopic (exact) mass is 502 g/mol. The molecule has 0 aliphatic heterocycles. The second-order valence-corrected chi connectivity index (χ2v) is 12.0. The Balaban J connectivity index is 3.76. The van der Waals surface area contributed by atoms with E-state index in [9.17, 15) is 4.21 Å². The molecule has 0 aromatic carbocycles. The minimum Gasteiger partial charge on any atom is -0.368 e. The Morgan fingerprint density at radius 1 is 0.441 bits per heavy atom. The molecule has 0 rings (SSSR count). The minimum atomic E-state index is -1.07. The Hall–Kier alpha value is 0.0700. The van der Waals surface area contributed by atoms with Crippen molar-refractivity contribution in [1.82, 2.24) is 0 Å². The van der Waals surface area contributed by atoms with E-state index < -0.39 is 10.8 Å². The number of hydrogen-bond donors (Lipinski definition) is 0. The predicted molar refractivity (Wildman–Crippen MR) is 152 cm³/mol. The van der Waals surface area contributed by atoms with Gasteiger partial charge in [-0.3, -0.25) is 4.21 Å². The third-order valence-electron chi connectivity index (χ3n) is 7.13. The first kappa shape index (κ1) is 34.1. The van der Waals surface area contributed by atoms with Crippen LogP contribution >= 0.6 is 0 Å². The van der Waals surface area contributed by atoms with Gasteiger partial charge in [-0.1, -0.05) is 142 Å². The summed E-state index contributed by atoms with van der Waals surface area (Å²) in [5, 5.41) is 0. The molecule has 0 heterocycles. The largest absolute Gasteiger partial charge is 0.368 e. The molecule has 206 valence electrons. The molecule has 0 saturated heterocycles. The summed E-state index contributed by atoms with van der Waals surface area (Å²) in [4.78, 5) is 0. The van der Waals surface area contributed by atoms with E-state index in [2.05, 4.69) is 13.8 Å². The van der Waals surface area contributed by atoms with Crippen LogP contribution in [0.25, 0.3) is 0 Å². The lowest BCUT2D eigenvalue weighted by Crippen LogP contribution is -2.29. The summed E-state index contributed by atoms with van der Waals surface area (Å²) in [5.41, 5.74) is -0.368. The Labute approximate surface area is 217 Å². The van der Waals surface area contributed by atoms with Crippen molar-refractivity contribution >= 4 is 10.8 Å². The van der Waals surface area contributed by atoms with Crippen molar-refractivity contribution in [1.29, 1.82) is 0 Å². The van der Waals surface area contributed by atoms with E-state index in [1.165, 1.54) is 128 Å². The average molecular weight is 503 g/mol. The maximum absolute atomic E-state index is 13.0. The molecule has 0 saturated carbocycles. The standard InChI is InChI=1S/C30H62O3S/c1-5-7-9-11-13-15-17-19-21-23-25-27-29(32-3)34(31)30(33-4)28-26-24-22-20-18-16-14-12-10-8-6-2/h29-30H,5-28H2,1-4H3. The summed E-state index contributed by atoms with van der Waals surface area (Å²) in [5.74, 6) is 0. The summed E-state index contributed by atoms with van der Waals surface area (Å²) in [6, 6.07) is 0. The first-order valence-electron chi connectivity index (χ1n) is 15.2. The molecule has 0 spiro atoms. The van der Waals surface area contributed by atoms with E-state index in [1.807, 2.05) is 0 Å². The van der Waals surface area contributed by atoms with E-state index in [4.69, 9.17) is 9.47 Å². The highest BCUT2D eigenvalue weighted by molar-refractivity contribution is 7.85. The van der Waals surface area contributed by atoms with Gasteiger partial charge in [0.15, 0.2) is 0 Å². The van der Waals surface area contributed by atoms with Gasteiger partial charge in [0.2, 0.25) is 0 Å².